The molecule has 3 aromatic carbocycles. The van der Waals surface area contributed by atoms with E-state index in [1.54, 1.807) is 16.5 Å². The Labute approximate surface area is 198 Å². The summed E-state index contributed by atoms with van der Waals surface area (Å²) >= 11 is 0. The summed E-state index contributed by atoms with van der Waals surface area (Å²) in [5, 5.41) is 4.56. The molecule has 3 heteroatoms. The summed E-state index contributed by atoms with van der Waals surface area (Å²) in [5.41, 5.74) is 6.38. The zero-order valence-electron chi connectivity index (χ0n) is 19.8. The van der Waals surface area contributed by atoms with Gasteiger partial charge in [0.2, 0.25) is 0 Å². The van der Waals surface area contributed by atoms with E-state index < -0.39 is 0 Å². The summed E-state index contributed by atoms with van der Waals surface area (Å²) < 4.78 is 0. The molecular formula is C29H33P3. The molecule has 164 valence electrons. The van der Waals surface area contributed by atoms with Crippen LogP contribution in [0.5, 0.6) is 0 Å². The summed E-state index contributed by atoms with van der Waals surface area (Å²) in [6.45, 7) is 11.9. The third kappa shape index (κ3) is 4.85. The van der Waals surface area contributed by atoms with Crippen LogP contribution in [0.2, 0.25) is 0 Å². The Kier molecular flexibility index (Phi) is 7.47. The number of hydrogen-bond donors (Lipinski definition) is 0. The lowest BCUT2D eigenvalue weighted by atomic mass is 9.82. The van der Waals surface area contributed by atoms with Crippen molar-refractivity contribution in [1.82, 2.24) is 0 Å². The van der Waals surface area contributed by atoms with Crippen LogP contribution in [0.4, 0.5) is 0 Å². The maximum atomic E-state index is 2.43. The van der Waals surface area contributed by atoms with Crippen molar-refractivity contribution < 1.29 is 0 Å². The van der Waals surface area contributed by atoms with E-state index in [1.165, 1.54) is 27.9 Å². The minimum Gasteiger partial charge on any atom is -0.0622 e. The van der Waals surface area contributed by atoms with Crippen LogP contribution >= 0.6 is 23.2 Å². The van der Waals surface area contributed by atoms with E-state index in [9.17, 15) is 0 Å². The van der Waals surface area contributed by atoms with Crippen LogP contribution < -0.4 is 15.9 Å². The predicted molar refractivity (Wildman–Crippen MR) is 150 cm³/mol. The molecule has 0 bridgehead atoms. The van der Waals surface area contributed by atoms with Crippen LogP contribution in [0.15, 0.2) is 113 Å². The van der Waals surface area contributed by atoms with Crippen molar-refractivity contribution >= 4 is 39.1 Å². The average molecular weight is 475 g/mol. The molecular weight excluding hydrogens is 441 g/mol. The zero-order valence-corrected chi connectivity index (χ0v) is 22.6. The van der Waals surface area contributed by atoms with Gasteiger partial charge in [0.05, 0.1) is 0 Å². The summed E-state index contributed by atoms with van der Waals surface area (Å²) in [6, 6.07) is 33.8. The number of benzene rings is 3. The van der Waals surface area contributed by atoms with E-state index in [2.05, 4.69) is 126 Å². The molecule has 0 saturated heterocycles. The molecule has 0 nitrogen and oxygen atoms in total. The highest BCUT2D eigenvalue weighted by molar-refractivity contribution is 8.62. The van der Waals surface area contributed by atoms with Crippen molar-refractivity contribution in [3.05, 3.63) is 113 Å². The molecule has 0 amide bonds. The Bertz CT molecular complexity index is 1110. The number of allylic oxidation sites excluding steroid dienone is 4. The molecule has 3 atom stereocenters. The van der Waals surface area contributed by atoms with Gasteiger partial charge in [0.1, 0.15) is 0 Å². The van der Waals surface area contributed by atoms with Gasteiger partial charge in [0.25, 0.3) is 0 Å². The summed E-state index contributed by atoms with van der Waals surface area (Å²) in [6.07, 6.45) is 1.19. The van der Waals surface area contributed by atoms with Gasteiger partial charge < -0.3 is 0 Å². The quantitative estimate of drug-likeness (QED) is 0.303. The topological polar surface area (TPSA) is 0 Å². The number of rotatable bonds is 7. The molecule has 0 N–H and O–H groups in total. The van der Waals surface area contributed by atoms with Crippen molar-refractivity contribution in [1.29, 1.82) is 0 Å². The van der Waals surface area contributed by atoms with E-state index in [1.807, 2.05) is 0 Å². The molecule has 3 unspecified atom stereocenters. The summed E-state index contributed by atoms with van der Waals surface area (Å²) in [7, 11) is 0.123. The molecule has 4 rings (SSSR count). The van der Waals surface area contributed by atoms with Gasteiger partial charge in [-0.05, 0) is 68.9 Å². The second kappa shape index (κ2) is 10.1. The molecule has 0 aliphatic heterocycles. The maximum Gasteiger partial charge on any atom is 0.00766 e. The SMILES string of the molecule is CC1=C(C)C(C)(C)C(CP(c2ccccc2)P(Pc2ccccc2)c2ccccc2)=C1C. The first-order chi connectivity index (χ1) is 15.4. The first-order valence-corrected chi connectivity index (χ1v) is 16.7. The lowest BCUT2D eigenvalue weighted by molar-refractivity contribution is 0.549. The fraction of sp³-hybridized carbons (Fsp3) is 0.241. The molecule has 0 aromatic heterocycles. The van der Waals surface area contributed by atoms with E-state index in [4.69, 9.17) is 0 Å². The third-order valence-corrected chi connectivity index (χ3v) is 19.0. The lowest BCUT2D eigenvalue weighted by Gasteiger charge is -2.34. The monoisotopic (exact) mass is 474 g/mol. The highest BCUT2D eigenvalue weighted by atomic mass is 32.5. The van der Waals surface area contributed by atoms with Gasteiger partial charge >= 0.3 is 0 Å². The number of hydrogen-bond acceptors (Lipinski definition) is 0. The Balaban J connectivity index is 1.81. The van der Waals surface area contributed by atoms with Gasteiger partial charge in [-0.3, -0.25) is 0 Å². The zero-order chi connectivity index (χ0) is 22.7. The molecule has 1 aliphatic carbocycles. The minimum absolute atomic E-state index is 0.150. The van der Waals surface area contributed by atoms with Gasteiger partial charge in [0.15, 0.2) is 0 Å². The molecule has 3 aromatic rings. The fourth-order valence-electron chi connectivity index (χ4n) is 4.48. The summed E-state index contributed by atoms with van der Waals surface area (Å²) in [5.74, 6) is 0. The Morgan fingerprint density at radius 2 is 1.16 bits per heavy atom. The van der Waals surface area contributed by atoms with Crippen molar-refractivity contribution in [3.8, 4) is 0 Å². The van der Waals surface area contributed by atoms with Gasteiger partial charge in [-0.15, -0.1) is 0 Å². The molecule has 0 spiro atoms. The van der Waals surface area contributed by atoms with Crippen LogP contribution in [0, 0.1) is 5.41 Å². The van der Waals surface area contributed by atoms with Crippen LogP contribution in [-0.4, -0.2) is 6.16 Å². The van der Waals surface area contributed by atoms with Gasteiger partial charge in [-0.1, -0.05) is 124 Å². The standard InChI is InChI=1S/C29H33P3/c1-22-23(2)28(29(4,5)24(22)3)21-31(26-17-11-7-12-18-26)32(27-19-13-8-14-20-27)30-25-15-9-6-10-16-25/h6-20,30H,21H2,1-5H3. The highest BCUT2D eigenvalue weighted by Crippen LogP contribution is 2.78. The highest BCUT2D eigenvalue weighted by Gasteiger charge is 2.37. The van der Waals surface area contributed by atoms with Gasteiger partial charge in [0, 0.05) is 5.41 Å². The van der Waals surface area contributed by atoms with Crippen molar-refractivity contribution in [3.63, 3.8) is 0 Å². The molecule has 0 saturated carbocycles. The van der Waals surface area contributed by atoms with Crippen LogP contribution in [-0.2, 0) is 0 Å². The molecule has 0 heterocycles. The Morgan fingerprint density at radius 1 is 0.656 bits per heavy atom. The minimum atomic E-state index is -0.361. The van der Waals surface area contributed by atoms with E-state index in [0.29, 0.717) is 0 Å². The van der Waals surface area contributed by atoms with Crippen molar-refractivity contribution in [2.24, 2.45) is 5.41 Å². The summed E-state index contributed by atoms with van der Waals surface area (Å²) in [4.78, 5) is 0. The lowest BCUT2D eigenvalue weighted by Crippen LogP contribution is -2.18. The second-order valence-electron chi connectivity index (χ2n) is 9.00. The van der Waals surface area contributed by atoms with Crippen molar-refractivity contribution in [2.45, 2.75) is 34.6 Å². The van der Waals surface area contributed by atoms with Gasteiger partial charge in [-0.2, -0.15) is 0 Å². The second-order valence-corrected chi connectivity index (χ2v) is 18.4. The van der Waals surface area contributed by atoms with Crippen LogP contribution in [0.3, 0.4) is 0 Å². The normalized spacial score (nSPS) is 17.9. The molecule has 1 aliphatic rings. The molecule has 0 radical (unpaired) electrons. The molecule has 32 heavy (non-hydrogen) atoms. The first-order valence-electron chi connectivity index (χ1n) is 11.3. The fourth-order valence-corrected chi connectivity index (χ4v) is 17.4. The molecule has 0 fully saturated rings. The van der Waals surface area contributed by atoms with Crippen molar-refractivity contribution in [2.75, 3.05) is 6.16 Å². The van der Waals surface area contributed by atoms with E-state index in [-0.39, 0.29) is 20.3 Å². The smallest absolute Gasteiger partial charge is 0.00766 e. The Hall–Kier alpha value is -1.57. The maximum absolute atomic E-state index is 2.43. The third-order valence-electron chi connectivity index (χ3n) is 6.88. The Morgan fingerprint density at radius 3 is 1.66 bits per heavy atom. The largest absolute Gasteiger partial charge is 0.0622 e. The van der Waals surface area contributed by atoms with E-state index in [0.717, 1.165) is 8.27 Å². The van der Waals surface area contributed by atoms with Crippen LogP contribution in [0.1, 0.15) is 34.6 Å². The predicted octanol–water partition coefficient (Wildman–Crippen LogP) is 8.13. The first kappa shape index (κ1) is 23.6. The average Bonchev–Trinajstić information content (AvgIpc) is 2.97. The van der Waals surface area contributed by atoms with Gasteiger partial charge in [-0.25, -0.2) is 0 Å². The van der Waals surface area contributed by atoms with E-state index >= 15 is 0 Å². The van der Waals surface area contributed by atoms with Crippen LogP contribution in [0.25, 0.3) is 0 Å².